The van der Waals surface area contributed by atoms with E-state index >= 15 is 4.39 Å². The molecule has 0 spiro atoms. The van der Waals surface area contributed by atoms with Crippen molar-refractivity contribution in [3.05, 3.63) is 17.3 Å². The molecule has 11 heteroatoms. The summed E-state index contributed by atoms with van der Waals surface area (Å²) in [5.74, 6) is -0.846. The number of hydroxylamine groups is 2. The lowest BCUT2D eigenvalue weighted by atomic mass is 9.92. The molecule has 0 unspecified atom stereocenters. The number of likely N-dealkylation sites (N-methyl/N-ethyl adjacent to an activating group) is 1. The third-order valence-electron chi connectivity index (χ3n) is 6.94. The maximum absolute atomic E-state index is 15.6. The zero-order valence-corrected chi connectivity index (χ0v) is 20.9. The number of hydrogen-bond acceptors (Lipinski definition) is 7. The van der Waals surface area contributed by atoms with Crippen LogP contribution in [0.1, 0.15) is 63.4 Å². The van der Waals surface area contributed by atoms with Crippen molar-refractivity contribution in [1.29, 1.82) is 0 Å². The van der Waals surface area contributed by atoms with Gasteiger partial charge in [-0.25, -0.2) is 19.4 Å². The van der Waals surface area contributed by atoms with E-state index in [4.69, 9.17) is 0 Å². The molecule has 1 aromatic rings. The summed E-state index contributed by atoms with van der Waals surface area (Å²) in [5, 5.41) is 12.9. The lowest BCUT2D eigenvalue weighted by molar-refractivity contribution is -0.155. The quantitative estimate of drug-likeness (QED) is 0.275. The smallest absolute Gasteiger partial charge is 0.244 e. The van der Waals surface area contributed by atoms with Gasteiger partial charge in [0.05, 0.1) is 19.0 Å². The maximum Gasteiger partial charge on any atom is 0.244 e. The average molecular weight is 493 g/mol. The number of aromatic nitrogens is 2. The Hall–Kier alpha value is -2.82. The molecular weight excluding hydrogens is 455 g/mol. The Bertz CT molecular complexity index is 908. The molecule has 3 amide bonds. The molecule has 0 radical (unpaired) electrons. The van der Waals surface area contributed by atoms with Crippen LogP contribution in [0, 0.1) is 17.7 Å². The van der Waals surface area contributed by atoms with Gasteiger partial charge in [0.2, 0.25) is 18.2 Å². The minimum atomic E-state index is -0.648. The van der Waals surface area contributed by atoms with Crippen LogP contribution in [-0.4, -0.2) is 76.6 Å². The van der Waals surface area contributed by atoms with Gasteiger partial charge < -0.3 is 15.1 Å². The predicted octanol–water partition coefficient (Wildman–Crippen LogP) is 1.90. The first-order valence-electron chi connectivity index (χ1n) is 12.5. The largest absolute Gasteiger partial charge is 0.350 e. The summed E-state index contributed by atoms with van der Waals surface area (Å²) in [6.07, 6.45) is 6.92. The van der Waals surface area contributed by atoms with E-state index in [0.29, 0.717) is 42.6 Å². The van der Waals surface area contributed by atoms with Gasteiger partial charge in [-0.15, -0.1) is 0 Å². The summed E-state index contributed by atoms with van der Waals surface area (Å²) in [7, 11) is 3.35. The van der Waals surface area contributed by atoms with E-state index in [0.717, 1.165) is 32.1 Å². The summed E-state index contributed by atoms with van der Waals surface area (Å²) in [6.45, 7) is 2.10. The van der Waals surface area contributed by atoms with Gasteiger partial charge in [0.1, 0.15) is 17.6 Å². The number of rotatable bonds is 11. The molecule has 2 heterocycles. The van der Waals surface area contributed by atoms with Crippen LogP contribution in [0.15, 0.2) is 0 Å². The van der Waals surface area contributed by atoms with Crippen molar-refractivity contribution in [2.75, 3.05) is 32.1 Å². The first kappa shape index (κ1) is 26.8. The van der Waals surface area contributed by atoms with Gasteiger partial charge in [0.15, 0.2) is 11.6 Å². The third kappa shape index (κ3) is 6.65. The minimum Gasteiger partial charge on any atom is -0.350 e. The zero-order chi connectivity index (χ0) is 25.5. The molecule has 10 nitrogen and oxygen atoms in total. The first-order valence-corrected chi connectivity index (χ1v) is 12.5. The van der Waals surface area contributed by atoms with Crippen LogP contribution in [0.5, 0.6) is 0 Å². The number of carbonyl (C=O) groups is 3. The number of nitrogens with one attached hydrogen (secondary N) is 1. The van der Waals surface area contributed by atoms with E-state index in [1.54, 1.807) is 19.0 Å². The highest BCUT2D eigenvalue weighted by Crippen LogP contribution is 2.31. The lowest BCUT2D eigenvalue weighted by Gasteiger charge is -2.28. The SMILES string of the molecule is CCc1nc(CNC(=O)[C@H](CC2CCCC2)CN(O)C=O)c(F)c(N2CCC[C@H]2C(=O)N(C)C)n1. The van der Waals surface area contributed by atoms with E-state index in [1.807, 2.05) is 6.92 Å². The molecule has 1 saturated carbocycles. The summed E-state index contributed by atoms with van der Waals surface area (Å²) in [4.78, 5) is 48.4. The van der Waals surface area contributed by atoms with Gasteiger partial charge in [0, 0.05) is 27.1 Å². The molecule has 2 N–H and O–H groups in total. The van der Waals surface area contributed by atoms with Gasteiger partial charge in [-0.1, -0.05) is 32.6 Å². The fraction of sp³-hybridized carbons (Fsp3) is 0.708. The topological polar surface area (TPSA) is 119 Å². The van der Waals surface area contributed by atoms with Gasteiger partial charge >= 0.3 is 0 Å². The van der Waals surface area contributed by atoms with E-state index in [2.05, 4.69) is 15.3 Å². The van der Waals surface area contributed by atoms with Crippen LogP contribution in [0.25, 0.3) is 0 Å². The Morgan fingerprint density at radius 3 is 2.57 bits per heavy atom. The predicted molar refractivity (Wildman–Crippen MR) is 127 cm³/mol. The standard InChI is InChI=1S/C24H37FN6O4/c1-4-20-27-18(21(25)22(28-20)31-11-7-10-19(31)24(34)29(2)3)13-26-23(33)17(14-30(35)15-32)12-16-8-5-6-9-16/h15-17,19,35H,4-14H2,1-3H3,(H,26,33)/t17-,19+/m1/s1. The van der Waals surface area contributed by atoms with Gasteiger partial charge in [0.25, 0.3) is 0 Å². The van der Waals surface area contributed by atoms with Crippen LogP contribution in [0.2, 0.25) is 0 Å². The molecule has 1 aliphatic carbocycles. The van der Waals surface area contributed by atoms with E-state index in [-0.39, 0.29) is 42.8 Å². The Morgan fingerprint density at radius 2 is 1.94 bits per heavy atom. The number of amides is 3. The Morgan fingerprint density at radius 1 is 1.23 bits per heavy atom. The number of carbonyl (C=O) groups excluding carboxylic acids is 3. The molecular formula is C24H37FN6O4. The van der Waals surface area contributed by atoms with Crippen LogP contribution < -0.4 is 10.2 Å². The van der Waals surface area contributed by atoms with E-state index in [1.165, 1.54) is 4.90 Å². The van der Waals surface area contributed by atoms with Crippen molar-refractivity contribution in [3.8, 4) is 0 Å². The second-order valence-electron chi connectivity index (χ2n) is 9.69. The molecule has 2 fully saturated rings. The number of anilines is 1. The number of nitrogens with zero attached hydrogens (tertiary/aromatic N) is 5. The summed E-state index contributed by atoms with van der Waals surface area (Å²) in [5.41, 5.74) is 0.0546. The monoisotopic (exact) mass is 492 g/mol. The second-order valence-corrected chi connectivity index (χ2v) is 9.69. The number of hydrogen-bond donors (Lipinski definition) is 2. The normalized spacial score (nSPS) is 19.0. The molecule has 35 heavy (non-hydrogen) atoms. The van der Waals surface area contributed by atoms with E-state index < -0.39 is 17.8 Å². The third-order valence-corrected chi connectivity index (χ3v) is 6.94. The maximum atomic E-state index is 15.6. The highest BCUT2D eigenvalue weighted by molar-refractivity contribution is 5.85. The molecule has 3 rings (SSSR count). The van der Waals surface area contributed by atoms with Gasteiger partial charge in [-0.05, 0) is 25.2 Å². The lowest BCUT2D eigenvalue weighted by Crippen LogP contribution is -2.43. The Balaban J connectivity index is 1.78. The second kappa shape index (κ2) is 12.2. The molecule has 2 atom stereocenters. The van der Waals surface area contributed by atoms with Crippen molar-refractivity contribution < 1.29 is 24.0 Å². The zero-order valence-electron chi connectivity index (χ0n) is 20.9. The number of aryl methyl sites for hydroxylation is 1. The van der Waals surface area contributed by atoms with Gasteiger partial charge in [-0.2, -0.15) is 0 Å². The van der Waals surface area contributed by atoms with Crippen LogP contribution in [-0.2, 0) is 27.3 Å². The minimum absolute atomic E-state index is 0.0546. The van der Waals surface area contributed by atoms with Gasteiger partial charge in [-0.3, -0.25) is 19.6 Å². The van der Waals surface area contributed by atoms with Crippen LogP contribution in [0.4, 0.5) is 10.2 Å². The van der Waals surface area contributed by atoms with Crippen molar-refractivity contribution in [1.82, 2.24) is 25.2 Å². The highest BCUT2D eigenvalue weighted by atomic mass is 19.1. The molecule has 2 aliphatic rings. The van der Waals surface area contributed by atoms with Crippen LogP contribution in [0.3, 0.4) is 0 Å². The first-order chi connectivity index (χ1) is 16.7. The molecule has 0 bridgehead atoms. The van der Waals surface area contributed by atoms with E-state index in [9.17, 15) is 19.6 Å². The van der Waals surface area contributed by atoms with Crippen LogP contribution >= 0.6 is 0 Å². The van der Waals surface area contributed by atoms with Crippen molar-refractivity contribution in [2.24, 2.45) is 11.8 Å². The highest BCUT2D eigenvalue weighted by Gasteiger charge is 2.35. The molecule has 0 aromatic carbocycles. The van der Waals surface area contributed by atoms with Crippen molar-refractivity contribution >= 4 is 24.0 Å². The fourth-order valence-corrected chi connectivity index (χ4v) is 5.07. The molecule has 1 saturated heterocycles. The average Bonchev–Trinajstić information content (AvgIpc) is 3.54. The molecule has 1 aliphatic heterocycles. The summed E-state index contributed by atoms with van der Waals surface area (Å²) < 4.78 is 15.6. The van der Waals surface area contributed by atoms with Crippen molar-refractivity contribution in [3.63, 3.8) is 0 Å². The number of halogens is 1. The Kier molecular flexibility index (Phi) is 9.36. The molecule has 194 valence electrons. The fourth-order valence-electron chi connectivity index (χ4n) is 5.07. The summed E-state index contributed by atoms with van der Waals surface area (Å²) >= 11 is 0. The summed E-state index contributed by atoms with van der Waals surface area (Å²) in [6, 6.07) is -0.490. The molecule has 1 aromatic heterocycles. The Labute approximate surface area is 205 Å². The van der Waals surface area contributed by atoms with Crippen molar-refractivity contribution in [2.45, 2.75) is 70.9 Å².